The van der Waals surface area contributed by atoms with Gasteiger partial charge in [0.2, 0.25) is 0 Å². The number of anilines is 1. The van der Waals surface area contributed by atoms with Gasteiger partial charge in [-0.1, -0.05) is 18.2 Å². The van der Waals surface area contributed by atoms with Gasteiger partial charge < -0.3 is 14.7 Å². The number of halogens is 1. The number of rotatable bonds is 5. The fourth-order valence-electron chi connectivity index (χ4n) is 2.41. The van der Waals surface area contributed by atoms with Gasteiger partial charge in [0.1, 0.15) is 11.6 Å². The highest BCUT2D eigenvalue weighted by molar-refractivity contribution is 5.60. The third-order valence-corrected chi connectivity index (χ3v) is 3.43. The first kappa shape index (κ1) is 15.3. The third kappa shape index (κ3) is 3.52. The molecule has 0 amide bonds. The Kier molecular flexibility index (Phi) is 4.81. The van der Waals surface area contributed by atoms with E-state index in [4.69, 9.17) is 4.74 Å². The number of aliphatic hydroxyl groups is 1. The topological polar surface area (TPSA) is 32.7 Å². The van der Waals surface area contributed by atoms with Crippen molar-refractivity contribution in [2.24, 2.45) is 0 Å². The Morgan fingerprint density at radius 2 is 1.86 bits per heavy atom. The van der Waals surface area contributed by atoms with E-state index in [2.05, 4.69) is 0 Å². The molecule has 0 aliphatic carbocycles. The van der Waals surface area contributed by atoms with E-state index in [1.807, 2.05) is 30.1 Å². The lowest BCUT2D eigenvalue weighted by Crippen LogP contribution is -2.19. The van der Waals surface area contributed by atoms with Gasteiger partial charge in [0.25, 0.3) is 0 Å². The van der Waals surface area contributed by atoms with Crippen LogP contribution in [0, 0.1) is 5.82 Å². The highest BCUT2D eigenvalue weighted by Gasteiger charge is 2.16. The van der Waals surface area contributed by atoms with Crippen molar-refractivity contribution in [1.82, 2.24) is 0 Å². The number of hydrogen-bond donors (Lipinski definition) is 1. The predicted molar refractivity (Wildman–Crippen MR) is 82.1 cm³/mol. The van der Waals surface area contributed by atoms with Crippen LogP contribution in [-0.4, -0.2) is 19.3 Å². The Morgan fingerprint density at radius 1 is 1.19 bits per heavy atom. The van der Waals surface area contributed by atoms with Crippen LogP contribution in [0.5, 0.6) is 5.75 Å². The molecule has 0 spiro atoms. The molecule has 3 nitrogen and oxygen atoms in total. The Morgan fingerprint density at radius 3 is 2.43 bits per heavy atom. The molecule has 2 rings (SSSR count). The molecule has 1 N–H and O–H groups in total. The van der Waals surface area contributed by atoms with Crippen LogP contribution >= 0.6 is 0 Å². The molecule has 2 aromatic carbocycles. The van der Waals surface area contributed by atoms with Gasteiger partial charge in [-0.3, -0.25) is 0 Å². The summed E-state index contributed by atoms with van der Waals surface area (Å²) in [6.45, 7) is 2.33. The van der Waals surface area contributed by atoms with Crippen molar-refractivity contribution in [2.75, 3.05) is 19.1 Å². The molecule has 1 unspecified atom stereocenters. The molecule has 0 radical (unpaired) electrons. The minimum atomic E-state index is -0.633. The Bertz CT molecular complexity index is 596. The summed E-state index contributed by atoms with van der Waals surface area (Å²) in [5, 5.41) is 10.0. The van der Waals surface area contributed by atoms with Crippen LogP contribution in [0.3, 0.4) is 0 Å². The van der Waals surface area contributed by atoms with Gasteiger partial charge in [0, 0.05) is 24.8 Å². The maximum Gasteiger partial charge on any atom is 0.126 e. The first-order valence-electron chi connectivity index (χ1n) is 6.83. The maximum atomic E-state index is 13.0. The lowest BCUT2D eigenvalue weighted by molar-refractivity contribution is 0.194. The summed E-state index contributed by atoms with van der Waals surface area (Å²) in [6.07, 6.45) is -0.633. The molecular weight excluding hydrogens is 269 g/mol. The quantitative estimate of drug-likeness (QED) is 0.914. The Labute approximate surface area is 124 Å². The zero-order chi connectivity index (χ0) is 15.4. The molecule has 21 heavy (non-hydrogen) atoms. The van der Waals surface area contributed by atoms with Crippen molar-refractivity contribution in [1.29, 1.82) is 0 Å². The molecule has 2 aromatic rings. The third-order valence-electron chi connectivity index (χ3n) is 3.43. The van der Waals surface area contributed by atoms with Crippen molar-refractivity contribution in [3.63, 3.8) is 0 Å². The highest BCUT2D eigenvalue weighted by atomic mass is 19.1. The number of hydrogen-bond acceptors (Lipinski definition) is 3. The molecule has 0 saturated heterocycles. The fraction of sp³-hybridized carbons (Fsp3) is 0.294. The smallest absolute Gasteiger partial charge is 0.126 e. The molecule has 0 fully saturated rings. The zero-order valence-corrected chi connectivity index (χ0v) is 12.5. The van der Waals surface area contributed by atoms with Crippen molar-refractivity contribution >= 4 is 5.69 Å². The van der Waals surface area contributed by atoms with Crippen LogP contribution in [0.2, 0.25) is 0 Å². The van der Waals surface area contributed by atoms with Gasteiger partial charge in [-0.25, -0.2) is 4.39 Å². The van der Waals surface area contributed by atoms with Gasteiger partial charge >= 0.3 is 0 Å². The zero-order valence-electron chi connectivity index (χ0n) is 12.5. The summed E-state index contributed by atoms with van der Waals surface area (Å²) in [5.74, 6) is 0.418. The number of aliphatic hydroxyl groups excluding tert-OH is 1. The summed E-state index contributed by atoms with van der Waals surface area (Å²) in [6, 6.07) is 12.1. The molecular formula is C17H20FNO2. The van der Waals surface area contributed by atoms with Crippen LogP contribution in [0.1, 0.15) is 24.2 Å². The van der Waals surface area contributed by atoms with E-state index < -0.39 is 6.10 Å². The van der Waals surface area contributed by atoms with Gasteiger partial charge in [0.15, 0.2) is 0 Å². The Hall–Kier alpha value is -2.07. The Balaban J connectivity index is 2.30. The van der Waals surface area contributed by atoms with Gasteiger partial charge in [-0.05, 0) is 36.8 Å². The first-order chi connectivity index (χ1) is 10.0. The van der Waals surface area contributed by atoms with E-state index in [1.165, 1.54) is 12.1 Å². The molecule has 0 aromatic heterocycles. The summed E-state index contributed by atoms with van der Waals surface area (Å²) >= 11 is 0. The molecule has 0 aliphatic rings. The second kappa shape index (κ2) is 6.59. The molecule has 112 valence electrons. The molecule has 0 bridgehead atoms. The van der Waals surface area contributed by atoms with Crippen LogP contribution in [0.4, 0.5) is 10.1 Å². The van der Waals surface area contributed by atoms with Gasteiger partial charge in [0.05, 0.1) is 13.2 Å². The largest absolute Gasteiger partial charge is 0.496 e. The van der Waals surface area contributed by atoms with Crippen molar-refractivity contribution < 1.29 is 14.2 Å². The number of nitrogens with zero attached hydrogens (tertiary/aromatic N) is 1. The van der Waals surface area contributed by atoms with Crippen molar-refractivity contribution in [3.05, 3.63) is 59.4 Å². The van der Waals surface area contributed by atoms with Crippen LogP contribution in [-0.2, 0) is 6.54 Å². The lowest BCUT2D eigenvalue weighted by atomic mass is 10.1. The second-order valence-corrected chi connectivity index (χ2v) is 5.05. The van der Waals surface area contributed by atoms with Gasteiger partial charge in [-0.2, -0.15) is 0 Å². The molecule has 0 heterocycles. The molecule has 1 atom stereocenters. The number of ether oxygens (including phenoxy) is 1. The van der Waals surface area contributed by atoms with Crippen molar-refractivity contribution in [2.45, 2.75) is 19.6 Å². The lowest BCUT2D eigenvalue weighted by Gasteiger charge is -2.25. The minimum Gasteiger partial charge on any atom is -0.496 e. The monoisotopic (exact) mass is 289 g/mol. The first-order valence-corrected chi connectivity index (χ1v) is 6.83. The van der Waals surface area contributed by atoms with Crippen LogP contribution in [0.25, 0.3) is 0 Å². The maximum absolute atomic E-state index is 13.0. The summed E-state index contributed by atoms with van der Waals surface area (Å²) in [4.78, 5) is 2.01. The van der Waals surface area contributed by atoms with Crippen LogP contribution < -0.4 is 9.64 Å². The van der Waals surface area contributed by atoms with E-state index in [0.29, 0.717) is 12.3 Å². The normalized spacial score (nSPS) is 12.0. The van der Waals surface area contributed by atoms with Gasteiger partial charge in [-0.15, -0.1) is 0 Å². The standard InChI is InChI=1S/C17H20FNO2/c1-12(20)17-15(5-4-6-16(17)21-3)19(2)11-13-7-9-14(18)10-8-13/h4-10,12,20H,11H2,1-3H3. The minimum absolute atomic E-state index is 0.243. The molecule has 0 saturated carbocycles. The van der Waals surface area contributed by atoms with Crippen LogP contribution in [0.15, 0.2) is 42.5 Å². The predicted octanol–water partition coefficient (Wildman–Crippen LogP) is 3.52. The van der Waals surface area contributed by atoms with E-state index in [1.54, 1.807) is 26.2 Å². The van der Waals surface area contributed by atoms with E-state index in [-0.39, 0.29) is 5.82 Å². The fourth-order valence-corrected chi connectivity index (χ4v) is 2.41. The van der Waals surface area contributed by atoms with Crippen molar-refractivity contribution in [3.8, 4) is 5.75 Å². The SMILES string of the molecule is COc1cccc(N(C)Cc2ccc(F)cc2)c1C(C)O. The highest BCUT2D eigenvalue weighted by Crippen LogP contribution is 2.34. The number of benzene rings is 2. The molecule has 4 heteroatoms. The second-order valence-electron chi connectivity index (χ2n) is 5.05. The average Bonchev–Trinajstić information content (AvgIpc) is 2.48. The average molecular weight is 289 g/mol. The summed E-state index contributed by atoms with van der Waals surface area (Å²) in [5.41, 5.74) is 2.65. The van der Waals surface area contributed by atoms with E-state index in [9.17, 15) is 9.50 Å². The van der Waals surface area contributed by atoms with E-state index in [0.717, 1.165) is 16.8 Å². The van der Waals surface area contributed by atoms with E-state index >= 15 is 0 Å². The molecule has 0 aliphatic heterocycles. The number of methoxy groups -OCH3 is 1. The summed E-state index contributed by atoms with van der Waals surface area (Å²) in [7, 11) is 3.52. The summed E-state index contributed by atoms with van der Waals surface area (Å²) < 4.78 is 18.3.